The van der Waals surface area contributed by atoms with Gasteiger partial charge in [-0.3, -0.25) is 0 Å². The van der Waals surface area contributed by atoms with Crippen LogP contribution in [-0.2, 0) is 13.1 Å². The number of ether oxygens (including phenoxy) is 2. The van der Waals surface area contributed by atoms with Gasteiger partial charge >= 0.3 is 0 Å². The van der Waals surface area contributed by atoms with Gasteiger partial charge in [0.25, 0.3) is 0 Å². The predicted molar refractivity (Wildman–Crippen MR) is 107 cm³/mol. The summed E-state index contributed by atoms with van der Waals surface area (Å²) in [5.41, 5.74) is 8.54. The number of fused-ring (bicyclic) bond motifs is 1. The lowest BCUT2D eigenvalue weighted by Crippen LogP contribution is -2.08. The molecule has 4 aromatic rings. The third-order valence-corrected chi connectivity index (χ3v) is 4.35. The van der Waals surface area contributed by atoms with Crippen LogP contribution in [0, 0.1) is 6.92 Å². The smallest absolute Gasteiger partial charge is 0.223 e. The monoisotopic (exact) mass is 395 g/mol. The number of aryl methyl sites for hydroxylation is 1. The standard InChI is InChI=1S/C19H21N7O3/c1-11-22-15(25-29-11)9-21-14-7-13(20)6-12-4-5-26(19(12)14)10-16-23-17(27-2)8-18(24-16)28-3/h4-8,21H,9-10,20H2,1-3H3. The summed E-state index contributed by atoms with van der Waals surface area (Å²) in [6.07, 6.45) is 1.96. The Bertz CT molecular complexity index is 1130. The van der Waals surface area contributed by atoms with Gasteiger partial charge in [-0.25, -0.2) is 0 Å². The Morgan fingerprint density at radius 2 is 1.83 bits per heavy atom. The third-order valence-electron chi connectivity index (χ3n) is 4.35. The summed E-state index contributed by atoms with van der Waals surface area (Å²) in [6, 6.07) is 7.42. The molecule has 29 heavy (non-hydrogen) atoms. The summed E-state index contributed by atoms with van der Waals surface area (Å²) in [7, 11) is 3.11. The van der Waals surface area contributed by atoms with Crippen LogP contribution >= 0.6 is 0 Å². The second-order valence-electron chi connectivity index (χ2n) is 6.40. The maximum Gasteiger partial charge on any atom is 0.223 e. The highest BCUT2D eigenvalue weighted by atomic mass is 16.5. The van der Waals surface area contributed by atoms with E-state index < -0.39 is 0 Å². The van der Waals surface area contributed by atoms with Crippen molar-refractivity contribution >= 4 is 22.3 Å². The number of nitrogen functional groups attached to an aromatic ring is 1. The molecule has 10 heteroatoms. The zero-order valence-electron chi connectivity index (χ0n) is 16.3. The summed E-state index contributed by atoms with van der Waals surface area (Å²) in [5.74, 6) is 2.54. The molecule has 0 fully saturated rings. The van der Waals surface area contributed by atoms with Gasteiger partial charge in [0, 0.05) is 24.2 Å². The van der Waals surface area contributed by atoms with Crippen LogP contribution in [0.25, 0.3) is 10.9 Å². The number of rotatable bonds is 7. The number of benzene rings is 1. The average Bonchev–Trinajstić information content (AvgIpc) is 3.31. The Balaban J connectivity index is 1.68. The fourth-order valence-electron chi connectivity index (χ4n) is 3.11. The molecule has 4 rings (SSSR count). The Hall–Kier alpha value is -3.82. The van der Waals surface area contributed by atoms with Crippen LogP contribution in [-0.4, -0.2) is 38.9 Å². The molecule has 10 nitrogen and oxygen atoms in total. The summed E-state index contributed by atoms with van der Waals surface area (Å²) < 4.78 is 17.5. The summed E-state index contributed by atoms with van der Waals surface area (Å²) >= 11 is 0. The van der Waals surface area contributed by atoms with Crippen molar-refractivity contribution in [2.75, 3.05) is 25.3 Å². The first-order valence-corrected chi connectivity index (χ1v) is 8.93. The topological polar surface area (TPSA) is 126 Å². The summed E-state index contributed by atoms with van der Waals surface area (Å²) in [5, 5.41) is 8.25. The largest absolute Gasteiger partial charge is 0.481 e. The Morgan fingerprint density at radius 3 is 2.48 bits per heavy atom. The number of nitrogens with two attached hydrogens (primary N) is 1. The van der Waals surface area contributed by atoms with E-state index in [1.54, 1.807) is 27.2 Å². The lowest BCUT2D eigenvalue weighted by molar-refractivity contribution is 0.367. The molecule has 1 aromatic carbocycles. The number of nitrogens with zero attached hydrogens (tertiary/aromatic N) is 5. The molecular weight excluding hydrogens is 374 g/mol. The quantitative estimate of drug-likeness (QED) is 0.453. The minimum Gasteiger partial charge on any atom is -0.481 e. The van der Waals surface area contributed by atoms with E-state index in [2.05, 4.69) is 25.4 Å². The first kappa shape index (κ1) is 18.5. The fraction of sp³-hybridized carbons (Fsp3) is 0.263. The normalized spacial score (nSPS) is 11.0. The number of methoxy groups -OCH3 is 2. The van der Waals surface area contributed by atoms with Crippen molar-refractivity contribution in [2.24, 2.45) is 0 Å². The van der Waals surface area contributed by atoms with Gasteiger partial charge in [0.15, 0.2) is 11.6 Å². The van der Waals surface area contributed by atoms with E-state index in [1.165, 1.54) is 0 Å². The molecule has 0 saturated heterocycles. The molecule has 0 amide bonds. The van der Waals surface area contributed by atoms with Gasteiger partial charge in [-0.2, -0.15) is 15.0 Å². The van der Waals surface area contributed by atoms with Crippen molar-refractivity contribution in [2.45, 2.75) is 20.0 Å². The van der Waals surface area contributed by atoms with Crippen molar-refractivity contribution in [3.05, 3.63) is 48.0 Å². The first-order chi connectivity index (χ1) is 14.1. The van der Waals surface area contributed by atoms with Crippen LogP contribution in [0.1, 0.15) is 17.5 Å². The highest BCUT2D eigenvalue weighted by molar-refractivity contribution is 5.94. The first-order valence-electron chi connectivity index (χ1n) is 8.93. The molecule has 0 bridgehead atoms. The maximum atomic E-state index is 6.08. The molecule has 150 valence electrons. The number of aromatic nitrogens is 5. The Kier molecular flexibility index (Phi) is 4.90. The van der Waals surface area contributed by atoms with Crippen LogP contribution in [0.2, 0.25) is 0 Å². The average molecular weight is 395 g/mol. The zero-order valence-corrected chi connectivity index (χ0v) is 16.3. The molecule has 0 aliphatic carbocycles. The van der Waals surface area contributed by atoms with Crippen molar-refractivity contribution in [3.63, 3.8) is 0 Å². The molecule has 3 N–H and O–H groups in total. The maximum absolute atomic E-state index is 6.08. The summed E-state index contributed by atoms with van der Waals surface area (Å²) in [4.78, 5) is 13.0. The molecular formula is C19H21N7O3. The second kappa shape index (κ2) is 7.66. The lowest BCUT2D eigenvalue weighted by Gasteiger charge is -2.12. The molecule has 3 heterocycles. The SMILES string of the molecule is COc1cc(OC)nc(Cn2ccc3cc(N)cc(NCc4noc(C)n4)c32)n1. The van der Waals surface area contributed by atoms with Crippen LogP contribution in [0.15, 0.2) is 35.0 Å². The molecule has 0 aliphatic heterocycles. The van der Waals surface area contributed by atoms with Gasteiger partial charge in [-0.15, -0.1) is 0 Å². The minimum absolute atomic E-state index is 0.407. The lowest BCUT2D eigenvalue weighted by atomic mass is 10.2. The van der Waals surface area contributed by atoms with Crippen LogP contribution in [0.4, 0.5) is 11.4 Å². The van der Waals surface area contributed by atoms with Crippen molar-refractivity contribution in [3.8, 4) is 11.8 Å². The van der Waals surface area contributed by atoms with Crippen LogP contribution in [0.3, 0.4) is 0 Å². The van der Waals surface area contributed by atoms with E-state index in [9.17, 15) is 0 Å². The number of hydrogen-bond acceptors (Lipinski definition) is 9. The molecule has 0 atom stereocenters. The fourth-order valence-corrected chi connectivity index (χ4v) is 3.11. The van der Waals surface area contributed by atoms with Crippen LogP contribution in [0.5, 0.6) is 11.8 Å². The van der Waals surface area contributed by atoms with Gasteiger partial charge in [0.1, 0.15) is 0 Å². The van der Waals surface area contributed by atoms with Gasteiger partial charge < -0.3 is 29.6 Å². The number of nitrogens with one attached hydrogen (secondary N) is 1. The molecule has 3 aromatic heterocycles. The Morgan fingerprint density at radius 1 is 1.07 bits per heavy atom. The van der Waals surface area contributed by atoms with E-state index in [-0.39, 0.29) is 0 Å². The third kappa shape index (κ3) is 3.91. The van der Waals surface area contributed by atoms with E-state index in [4.69, 9.17) is 19.7 Å². The van der Waals surface area contributed by atoms with Crippen molar-refractivity contribution in [1.82, 2.24) is 24.7 Å². The van der Waals surface area contributed by atoms with Gasteiger partial charge in [0.2, 0.25) is 17.7 Å². The van der Waals surface area contributed by atoms with E-state index in [1.807, 2.05) is 29.0 Å². The highest BCUT2D eigenvalue weighted by Gasteiger charge is 2.13. The van der Waals surface area contributed by atoms with E-state index in [0.717, 1.165) is 16.6 Å². The van der Waals surface area contributed by atoms with E-state index in [0.29, 0.717) is 48.1 Å². The molecule has 0 unspecified atom stereocenters. The molecule has 0 spiro atoms. The van der Waals surface area contributed by atoms with Gasteiger partial charge in [0.05, 0.1) is 44.6 Å². The predicted octanol–water partition coefficient (Wildman–Crippen LogP) is 2.38. The number of hydrogen-bond donors (Lipinski definition) is 2. The van der Waals surface area contributed by atoms with E-state index >= 15 is 0 Å². The molecule has 0 radical (unpaired) electrons. The highest BCUT2D eigenvalue weighted by Crippen LogP contribution is 2.29. The summed E-state index contributed by atoms with van der Waals surface area (Å²) in [6.45, 7) is 2.59. The number of anilines is 2. The molecule has 0 aliphatic rings. The molecule has 0 saturated carbocycles. The zero-order chi connectivity index (χ0) is 20.4. The van der Waals surface area contributed by atoms with Crippen molar-refractivity contribution in [1.29, 1.82) is 0 Å². The Labute approximate surface area is 166 Å². The van der Waals surface area contributed by atoms with Crippen LogP contribution < -0.4 is 20.5 Å². The van der Waals surface area contributed by atoms with Gasteiger partial charge in [-0.1, -0.05) is 5.16 Å². The van der Waals surface area contributed by atoms with Crippen molar-refractivity contribution < 1.29 is 14.0 Å². The van der Waals surface area contributed by atoms with Gasteiger partial charge in [-0.05, 0) is 18.2 Å². The minimum atomic E-state index is 0.407. The second-order valence-corrected chi connectivity index (χ2v) is 6.40.